The summed E-state index contributed by atoms with van der Waals surface area (Å²) in [5, 5.41) is 2.99. The Bertz CT molecular complexity index is 852. The molecule has 0 spiro atoms. The van der Waals surface area contributed by atoms with Gasteiger partial charge in [-0.25, -0.2) is 4.98 Å². The molecule has 2 aromatic carbocycles. The largest absolute Gasteiger partial charge is 0.444 e. The number of carbonyl (C=O) groups is 1. The van der Waals surface area contributed by atoms with Crippen LogP contribution in [0.5, 0.6) is 0 Å². The standard InChI is InChI=1S/C22H24N2O2/c1-15(2)11-17-7-9-18(10-8-17)16(3)22(25)24-20-6-4-5-19(12-20)21-13-23-14-26-21/h4-10,12-16H,11H2,1-3H3,(H,24,25). The second-order valence-electron chi connectivity index (χ2n) is 7.00. The summed E-state index contributed by atoms with van der Waals surface area (Å²) in [5.74, 6) is 1.04. The van der Waals surface area contributed by atoms with Crippen LogP contribution in [0.4, 0.5) is 5.69 Å². The predicted octanol–water partition coefficient (Wildman–Crippen LogP) is 5.28. The fourth-order valence-electron chi connectivity index (χ4n) is 2.92. The summed E-state index contributed by atoms with van der Waals surface area (Å²) in [6.07, 6.45) is 4.10. The zero-order valence-corrected chi connectivity index (χ0v) is 15.4. The lowest BCUT2D eigenvalue weighted by atomic mass is 9.96. The quantitative estimate of drug-likeness (QED) is 0.659. The highest BCUT2D eigenvalue weighted by molar-refractivity contribution is 5.96. The second-order valence-corrected chi connectivity index (χ2v) is 7.00. The summed E-state index contributed by atoms with van der Waals surface area (Å²) in [4.78, 5) is 16.6. The summed E-state index contributed by atoms with van der Waals surface area (Å²) in [6, 6.07) is 15.9. The van der Waals surface area contributed by atoms with Crippen LogP contribution in [0.2, 0.25) is 0 Å². The fraction of sp³-hybridized carbons (Fsp3) is 0.273. The molecule has 0 fully saturated rings. The van der Waals surface area contributed by atoms with Crippen molar-refractivity contribution in [2.75, 3.05) is 5.32 Å². The van der Waals surface area contributed by atoms with Gasteiger partial charge in [-0.05, 0) is 42.5 Å². The van der Waals surface area contributed by atoms with Crippen molar-refractivity contribution in [3.8, 4) is 11.3 Å². The first-order chi connectivity index (χ1) is 12.5. The lowest BCUT2D eigenvalue weighted by Gasteiger charge is -2.14. The Morgan fingerprint density at radius 2 is 1.88 bits per heavy atom. The van der Waals surface area contributed by atoms with Crippen LogP contribution in [0.1, 0.15) is 37.8 Å². The highest BCUT2D eigenvalue weighted by atomic mass is 16.3. The van der Waals surface area contributed by atoms with Gasteiger partial charge in [-0.1, -0.05) is 50.2 Å². The van der Waals surface area contributed by atoms with E-state index in [1.807, 2.05) is 43.3 Å². The normalized spacial score (nSPS) is 12.2. The Morgan fingerprint density at radius 1 is 1.12 bits per heavy atom. The summed E-state index contributed by atoms with van der Waals surface area (Å²) in [7, 11) is 0. The number of rotatable bonds is 6. The molecule has 0 bridgehead atoms. The maximum Gasteiger partial charge on any atom is 0.231 e. The van der Waals surface area contributed by atoms with Gasteiger partial charge >= 0.3 is 0 Å². The number of nitrogens with zero attached hydrogens (tertiary/aromatic N) is 1. The monoisotopic (exact) mass is 348 g/mol. The van der Waals surface area contributed by atoms with Crippen LogP contribution >= 0.6 is 0 Å². The minimum Gasteiger partial charge on any atom is -0.444 e. The van der Waals surface area contributed by atoms with E-state index in [4.69, 9.17) is 4.42 Å². The van der Waals surface area contributed by atoms with E-state index in [1.165, 1.54) is 12.0 Å². The topological polar surface area (TPSA) is 55.1 Å². The van der Waals surface area contributed by atoms with Crippen LogP contribution in [0.3, 0.4) is 0 Å². The summed E-state index contributed by atoms with van der Waals surface area (Å²) in [5.41, 5.74) is 3.94. The van der Waals surface area contributed by atoms with E-state index >= 15 is 0 Å². The molecule has 1 unspecified atom stereocenters. The lowest BCUT2D eigenvalue weighted by molar-refractivity contribution is -0.117. The molecule has 0 aliphatic rings. The Balaban J connectivity index is 1.68. The first-order valence-corrected chi connectivity index (χ1v) is 8.91. The summed E-state index contributed by atoms with van der Waals surface area (Å²) >= 11 is 0. The highest BCUT2D eigenvalue weighted by Crippen LogP contribution is 2.24. The van der Waals surface area contributed by atoms with Crippen LogP contribution in [0, 0.1) is 5.92 Å². The van der Waals surface area contributed by atoms with Crippen molar-refractivity contribution < 1.29 is 9.21 Å². The Labute approximate surface area is 154 Å². The summed E-state index contributed by atoms with van der Waals surface area (Å²) in [6.45, 7) is 6.33. The zero-order valence-electron chi connectivity index (χ0n) is 15.4. The molecule has 0 aliphatic heterocycles. The van der Waals surface area contributed by atoms with Crippen molar-refractivity contribution in [1.82, 2.24) is 4.98 Å². The number of benzene rings is 2. The van der Waals surface area contributed by atoms with Crippen LogP contribution in [-0.2, 0) is 11.2 Å². The number of oxazole rings is 1. The third-order valence-electron chi connectivity index (χ3n) is 4.36. The van der Waals surface area contributed by atoms with E-state index in [0.717, 1.165) is 23.2 Å². The highest BCUT2D eigenvalue weighted by Gasteiger charge is 2.16. The molecule has 3 aromatic rings. The fourth-order valence-corrected chi connectivity index (χ4v) is 2.92. The molecule has 4 nitrogen and oxygen atoms in total. The maximum absolute atomic E-state index is 12.6. The van der Waals surface area contributed by atoms with E-state index in [-0.39, 0.29) is 11.8 Å². The molecule has 1 amide bonds. The van der Waals surface area contributed by atoms with Crippen LogP contribution < -0.4 is 5.32 Å². The number of hydrogen-bond acceptors (Lipinski definition) is 3. The van der Waals surface area contributed by atoms with E-state index < -0.39 is 0 Å². The van der Waals surface area contributed by atoms with E-state index in [0.29, 0.717) is 11.7 Å². The van der Waals surface area contributed by atoms with Gasteiger partial charge in [0, 0.05) is 11.3 Å². The van der Waals surface area contributed by atoms with Crippen molar-refractivity contribution in [2.24, 2.45) is 5.92 Å². The van der Waals surface area contributed by atoms with E-state index in [1.54, 1.807) is 6.20 Å². The molecule has 0 saturated heterocycles. The average Bonchev–Trinajstić information content (AvgIpc) is 3.16. The van der Waals surface area contributed by atoms with Gasteiger partial charge in [0.15, 0.2) is 12.2 Å². The molecule has 26 heavy (non-hydrogen) atoms. The number of hydrogen-bond donors (Lipinski definition) is 1. The molecule has 0 saturated carbocycles. The lowest BCUT2D eigenvalue weighted by Crippen LogP contribution is -2.18. The molecule has 1 atom stereocenters. The third kappa shape index (κ3) is 4.39. The molecule has 3 rings (SSSR count). The van der Waals surface area contributed by atoms with Gasteiger partial charge < -0.3 is 9.73 Å². The minimum absolute atomic E-state index is 0.0312. The number of aromatic nitrogens is 1. The average molecular weight is 348 g/mol. The number of nitrogens with one attached hydrogen (secondary N) is 1. The molecular formula is C22H24N2O2. The van der Waals surface area contributed by atoms with E-state index in [2.05, 4.69) is 36.3 Å². The van der Waals surface area contributed by atoms with Crippen LogP contribution in [0.25, 0.3) is 11.3 Å². The SMILES string of the molecule is CC(C)Cc1ccc(C(C)C(=O)Nc2cccc(-c3cnco3)c2)cc1. The molecule has 1 heterocycles. The summed E-state index contributed by atoms with van der Waals surface area (Å²) < 4.78 is 5.31. The van der Waals surface area contributed by atoms with Crippen molar-refractivity contribution in [3.63, 3.8) is 0 Å². The molecular weight excluding hydrogens is 324 g/mol. The second kappa shape index (κ2) is 8.00. The first kappa shape index (κ1) is 17.9. The van der Waals surface area contributed by atoms with Gasteiger partial charge in [0.25, 0.3) is 0 Å². The Kier molecular flexibility index (Phi) is 5.52. The van der Waals surface area contributed by atoms with E-state index in [9.17, 15) is 4.79 Å². The Hall–Kier alpha value is -2.88. The molecule has 4 heteroatoms. The smallest absolute Gasteiger partial charge is 0.231 e. The van der Waals surface area contributed by atoms with Gasteiger partial charge in [-0.2, -0.15) is 0 Å². The molecule has 1 N–H and O–H groups in total. The number of anilines is 1. The Morgan fingerprint density at radius 3 is 2.54 bits per heavy atom. The van der Waals surface area contributed by atoms with Crippen LogP contribution in [-0.4, -0.2) is 10.9 Å². The molecule has 1 aromatic heterocycles. The molecule has 134 valence electrons. The van der Waals surface area contributed by atoms with Crippen molar-refractivity contribution in [2.45, 2.75) is 33.1 Å². The minimum atomic E-state index is -0.225. The zero-order chi connectivity index (χ0) is 18.5. The van der Waals surface area contributed by atoms with Gasteiger partial charge in [-0.15, -0.1) is 0 Å². The van der Waals surface area contributed by atoms with Crippen molar-refractivity contribution >= 4 is 11.6 Å². The predicted molar refractivity (Wildman–Crippen MR) is 104 cm³/mol. The van der Waals surface area contributed by atoms with Gasteiger partial charge in [0.05, 0.1) is 12.1 Å². The molecule has 0 aliphatic carbocycles. The third-order valence-corrected chi connectivity index (χ3v) is 4.36. The van der Waals surface area contributed by atoms with Crippen molar-refractivity contribution in [3.05, 3.63) is 72.2 Å². The van der Waals surface area contributed by atoms with Gasteiger partial charge in [0.1, 0.15) is 0 Å². The first-order valence-electron chi connectivity index (χ1n) is 8.91. The number of amides is 1. The van der Waals surface area contributed by atoms with Crippen molar-refractivity contribution in [1.29, 1.82) is 0 Å². The maximum atomic E-state index is 12.6. The molecule has 0 radical (unpaired) electrons. The van der Waals surface area contributed by atoms with Gasteiger partial charge in [0.2, 0.25) is 5.91 Å². The van der Waals surface area contributed by atoms with Crippen LogP contribution in [0.15, 0.2) is 65.5 Å². The number of carbonyl (C=O) groups excluding carboxylic acids is 1. The van der Waals surface area contributed by atoms with Gasteiger partial charge in [-0.3, -0.25) is 4.79 Å².